The molecule has 0 fully saturated rings. The molecule has 67 heavy (non-hydrogen) atoms. The molecule has 3 unspecified atom stereocenters. The van der Waals surface area contributed by atoms with E-state index in [0.717, 1.165) is 67.9 Å². The van der Waals surface area contributed by atoms with Gasteiger partial charge in [0.15, 0.2) is 23.1 Å². The van der Waals surface area contributed by atoms with Crippen molar-refractivity contribution in [2.75, 3.05) is 4.90 Å². The lowest BCUT2D eigenvalue weighted by Gasteiger charge is -2.29. The predicted octanol–water partition coefficient (Wildman–Crippen LogP) is 15.6. The van der Waals surface area contributed by atoms with Crippen LogP contribution in [0.4, 0.5) is 11.4 Å². The van der Waals surface area contributed by atoms with E-state index in [2.05, 4.69) is 211 Å². The van der Waals surface area contributed by atoms with E-state index in [4.69, 9.17) is 19.4 Å². The number of nitrogens with zero attached hydrogens (tertiary/aromatic N) is 4. The summed E-state index contributed by atoms with van der Waals surface area (Å²) in [4.78, 5) is 19.0. The Morgan fingerprint density at radius 3 is 2.01 bits per heavy atom. The number of hydrogen-bond acceptors (Lipinski definition) is 5. The number of benzene rings is 9. The van der Waals surface area contributed by atoms with Crippen LogP contribution in [0.5, 0.6) is 0 Å². The van der Waals surface area contributed by atoms with Gasteiger partial charge in [0.2, 0.25) is 0 Å². The second kappa shape index (κ2) is 15.1. The van der Waals surface area contributed by atoms with Crippen molar-refractivity contribution in [1.29, 1.82) is 0 Å². The standard InChI is InChI=1S/C62H42N4O/c1-2-16-38(17-3-1)44-32-33-48-47(46-24-9-8-23-45(44)46)27-15-29-52(48)62-64-60(63-61(65-62)51-28-14-21-39-18-6-7-22-43(39)51)42-35-54-50-26-11-13-31-58(50)67-59(54)57(37-42)66-55-30-12-10-25-49(55)53-34-40-19-4-5-20-41(40)36-56(53)66/h1-31,34-37,44,49,55H,32-33H2. The third kappa shape index (κ3) is 6.04. The van der Waals surface area contributed by atoms with E-state index in [-0.39, 0.29) is 17.9 Å². The molecule has 3 atom stereocenters. The summed E-state index contributed by atoms with van der Waals surface area (Å²) in [5.41, 5.74) is 14.5. The van der Waals surface area contributed by atoms with Crippen molar-refractivity contribution in [2.24, 2.45) is 0 Å². The number of allylic oxidation sites excluding steroid dienone is 2. The van der Waals surface area contributed by atoms with Crippen LogP contribution in [0.25, 0.3) is 88.8 Å². The Bertz CT molecular complexity index is 3860. The van der Waals surface area contributed by atoms with Crippen LogP contribution in [0.15, 0.2) is 217 Å². The molecule has 11 aromatic rings. The van der Waals surface area contributed by atoms with Crippen LogP contribution in [-0.2, 0) is 6.42 Å². The highest BCUT2D eigenvalue weighted by atomic mass is 16.3. The number of aromatic nitrogens is 3. The summed E-state index contributed by atoms with van der Waals surface area (Å²) >= 11 is 0. The van der Waals surface area contributed by atoms with E-state index in [1.54, 1.807) is 0 Å². The van der Waals surface area contributed by atoms with Gasteiger partial charge in [-0.1, -0.05) is 182 Å². The molecule has 316 valence electrons. The summed E-state index contributed by atoms with van der Waals surface area (Å²) in [6.45, 7) is 0. The van der Waals surface area contributed by atoms with Crippen molar-refractivity contribution in [1.82, 2.24) is 15.0 Å². The van der Waals surface area contributed by atoms with Gasteiger partial charge < -0.3 is 9.32 Å². The minimum atomic E-state index is 0.0472. The van der Waals surface area contributed by atoms with E-state index in [9.17, 15) is 0 Å². The van der Waals surface area contributed by atoms with Crippen molar-refractivity contribution < 1.29 is 4.42 Å². The van der Waals surface area contributed by atoms with E-state index in [1.165, 1.54) is 49.8 Å². The number of anilines is 2. The molecule has 3 aliphatic rings. The largest absolute Gasteiger partial charge is 0.454 e. The lowest BCUT2D eigenvalue weighted by Crippen LogP contribution is -2.28. The average molecular weight is 859 g/mol. The molecule has 3 heterocycles. The van der Waals surface area contributed by atoms with Gasteiger partial charge in [0.1, 0.15) is 5.58 Å². The Labute approximate surface area is 388 Å². The first-order chi connectivity index (χ1) is 33.2. The van der Waals surface area contributed by atoms with E-state index >= 15 is 0 Å². The highest BCUT2D eigenvalue weighted by molar-refractivity contribution is 6.12. The first-order valence-electron chi connectivity index (χ1n) is 23.4. The molecule has 0 saturated carbocycles. The number of fused-ring (bicyclic) bond motifs is 11. The quantitative estimate of drug-likeness (QED) is 0.173. The fraction of sp³-hybridized carbons (Fsp3) is 0.0806. The molecule has 5 heteroatoms. The molecule has 1 aliphatic heterocycles. The minimum absolute atomic E-state index is 0.0472. The predicted molar refractivity (Wildman–Crippen MR) is 274 cm³/mol. The Hall–Kier alpha value is -8.41. The van der Waals surface area contributed by atoms with Crippen LogP contribution >= 0.6 is 0 Å². The second-order valence-electron chi connectivity index (χ2n) is 18.1. The Kier molecular flexibility index (Phi) is 8.53. The van der Waals surface area contributed by atoms with E-state index in [0.29, 0.717) is 17.5 Å². The molecular formula is C62H42N4O. The number of rotatable bonds is 5. The fourth-order valence-corrected chi connectivity index (χ4v) is 11.4. The zero-order valence-corrected chi connectivity index (χ0v) is 36.6. The fourth-order valence-electron chi connectivity index (χ4n) is 11.4. The summed E-state index contributed by atoms with van der Waals surface area (Å²) in [7, 11) is 0. The molecule has 0 amide bonds. The lowest BCUT2D eigenvalue weighted by atomic mass is 9.86. The topological polar surface area (TPSA) is 55.1 Å². The van der Waals surface area contributed by atoms with Crippen LogP contribution in [0.3, 0.4) is 0 Å². The van der Waals surface area contributed by atoms with Crippen LogP contribution in [0.1, 0.15) is 40.5 Å². The van der Waals surface area contributed by atoms with Crippen LogP contribution in [0, 0.1) is 0 Å². The smallest absolute Gasteiger partial charge is 0.164 e. The molecule has 5 nitrogen and oxygen atoms in total. The van der Waals surface area contributed by atoms with Crippen molar-refractivity contribution >= 4 is 54.9 Å². The summed E-state index contributed by atoms with van der Waals surface area (Å²) in [5.74, 6) is 2.36. The third-order valence-corrected chi connectivity index (χ3v) is 14.5. The zero-order valence-electron chi connectivity index (χ0n) is 36.6. The van der Waals surface area contributed by atoms with Crippen molar-refractivity contribution in [3.8, 4) is 45.3 Å². The van der Waals surface area contributed by atoms with Gasteiger partial charge in [0, 0.05) is 45.0 Å². The van der Waals surface area contributed by atoms with Gasteiger partial charge in [-0.05, 0) is 98.1 Å². The van der Waals surface area contributed by atoms with Crippen molar-refractivity contribution in [3.63, 3.8) is 0 Å². The van der Waals surface area contributed by atoms with Crippen LogP contribution in [-0.4, -0.2) is 21.0 Å². The average Bonchev–Trinajstić information content (AvgIpc) is 3.87. The van der Waals surface area contributed by atoms with Crippen LogP contribution in [0.2, 0.25) is 0 Å². The number of furan rings is 1. The van der Waals surface area contributed by atoms with E-state index in [1.807, 2.05) is 6.07 Å². The molecule has 0 spiro atoms. The van der Waals surface area contributed by atoms with Gasteiger partial charge >= 0.3 is 0 Å². The maximum atomic E-state index is 6.91. The molecule has 0 N–H and O–H groups in total. The molecule has 0 saturated heterocycles. The maximum Gasteiger partial charge on any atom is 0.164 e. The van der Waals surface area contributed by atoms with Crippen molar-refractivity contribution in [2.45, 2.75) is 30.7 Å². The van der Waals surface area contributed by atoms with Gasteiger partial charge in [0.05, 0.1) is 11.7 Å². The van der Waals surface area contributed by atoms with Crippen molar-refractivity contribution in [3.05, 3.63) is 235 Å². The molecule has 0 radical (unpaired) electrons. The molecule has 14 rings (SSSR count). The Morgan fingerprint density at radius 2 is 1.12 bits per heavy atom. The maximum absolute atomic E-state index is 6.91. The Balaban J connectivity index is 1.02. The SMILES string of the molecule is C1=CC2c3cc4ccccc4cc3N(c3cc(-c4nc(-c5cccc6c5CCC(c5ccccc5)c5ccccc5-6)nc(-c5cccc6ccccc56)n4)cc4c3oc3ccccc34)C2C=C1. The van der Waals surface area contributed by atoms with Gasteiger partial charge in [-0.25, -0.2) is 15.0 Å². The van der Waals surface area contributed by atoms with Gasteiger partial charge in [-0.15, -0.1) is 0 Å². The number of para-hydroxylation sites is 1. The molecule has 2 aliphatic carbocycles. The summed E-state index contributed by atoms with van der Waals surface area (Å²) in [6, 6.07) is 67.8. The summed E-state index contributed by atoms with van der Waals surface area (Å²) in [5, 5.41) is 6.76. The van der Waals surface area contributed by atoms with E-state index < -0.39 is 0 Å². The minimum Gasteiger partial charge on any atom is -0.454 e. The molecule has 0 bridgehead atoms. The second-order valence-corrected chi connectivity index (χ2v) is 18.1. The highest BCUT2D eigenvalue weighted by Gasteiger charge is 2.39. The van der Waals surface area contributed by atoms with Crippen LogP contribution < -0.4 is 4.90 Å². The van der Waals surface area contributed by atoms with Gasteiger partial charge in [0.25, 0.3) is 0 Å². The monoisotopic (exact) mass is 858 g/mol. The van der Waals surface area contributed by atoms with Gasteiger partial charge in [-0.3, -0.25) is 0 Å². The lowest BCUT2D eigenvalue weighted by molar-refractivity contribution is 0.663. The molecule has 2 aromatic heterocycles. The molecule has 9 aromatic carbocycles. The zero-order chi connectivity index (χ0) is 44.0. The first-order valence-corrected chi connectivity index (χ1v) is 23.4. The highest BCUT2D eigenvalue weighted by Crippen LogP contribution is 2.52. The normalized spacial score (nSPS) is 17.1. The van der Waals surface area contributed by atoms with Gasteiger partial charge in [-0.2, -0.15) is 0 Å². The first kappa shape index (κ1) is 37.9. The Morgan fingerprint density at radius 1 is 0.463 bits per heavy atom. The molecular weight excluding hydrogens is 817 g/mol. The third-order valence-electron chi connectivity index (χ3n) is 14.5. The number of hydrogen-bond donors (Lipinski definition) is 0. The summed E-state index contributed by atoms with van der Waals surface area (Å²) in [6.07, 6.45) is 10.9. The summed E-state index contributed by atoms with van der Waals surface area (Å²) < 4.78 is 6.91.